The van der Waals surface area contributed by atoms with Gasteiger partial charge in [-0.1, -0.05) is 13.3 Å². The number of rotatable bonds is 4. The average Bonchev–Trinajstić information content (AvgIpc) is 2.28. The molecule has 0 aromatic carbocycles. The highest BCUT2D eigenvalue weighted by Gasteiger charge is 2.22. The largest absolute Gasteiger partial charge is 0.342 e. The predicted molar refractivity (Wildman–Crippen MR) is 67.4 cm³/mol. The number of amides is 1. The molecule has 0 spiro atoms. The van der Waals surface area contributed by atoms with Crippen LogP contribution in [0, 0.1) is 5.92 Å². The van der Waals surface area contributed by atoms with E-state index >= 15 is 0 Å². The number of likely N-dealkylation sites (N-methyl/N-ethyl adjacent to an activating group) is 1. The lowest BCUT2D eigenvalue weighted by atomic mass is 9.96. The highest BCUT2D eigenvalue weighted by Crippen LogP contribution is 2.18. The number of carbonyl (C=O) groups excluding carboxylic acids is 1. The highest BCUT2D eigenvalue weighted by atomic mass is 16.2. The Morgan fingerprint density at radius 2 is 2.19 bits per heavy atom. The van der Waals surface area contributed by atoms with E-state index in [-0.39, 0.29) is 5.91 Å². The molecule has 0 saturated carbocycles. The van der Waals surface area contributed by atoms with E-state index in [1.807, 2.05) is 11.9 Å². The zero-order valence-corrected chi connectivity index (χ0v) is 11.2. The summed E-state index contributed by atoms with van der Waals surface area (Å²) in [7, 11) is 1.90. The lowest BCUT2D eigenvalue weighted by Gasteiger charge is -2.33. The van der Waals surface area contributed by atoms with Crippen LogP contribution in [0.5, 0.6) is 0 Å². The van der Waals surface area contributed by atoms with Crippen molar-refractivity contribution in [1.82, 2.24) is 9.80 Å². The Morgan fingerprint density at radius 1 is 1.50 bits per heavy atom. The maximum absolute atomic E-state index is 11.9. The van der Waals surface area contributed by atoms with Gasteiger partial charge >= 0.3 is 0 Å². The molecule has 1 aliphatic heterocycles. The van der Waals surface area contributed by atoms with Gasteiger partial charge in [0.2, 0.25) is 5.91 Å². The smallest absolute Gasteiger partial charge is 0.236 e. The second-order valence-electron chi connectivity index (χ2n) is 5.25. The van der Waals surface area contributed by atoms with Gasteiger partial charge in [0, 0.05) is 19.6 Å². The lowest BCUT2D eigenvalue weighted by Crippen LogP contribution is -2.44. The van der Waals surface area contributed by atoms with Crippen molar-refractivity contribution in [2.45, 2.75) is 46.1 Å². The van der Waals surface area contributed by atoms with Crippen LogP contribution in [0.25, 0.3) is 0 Å². The third kappa shape index (κ3) is 3.78. The molecule has 0 N–H and O–H groups in total. The Hall–Kier alpha value is -0.570. The minimum Gasteiger partial charge on any atom is -0.342 e. The van der Waals surface area contributed by atoms with E-state index in [1.165, 1.54) is 19.3 Å². The highest BCUT2D eigenvalue weighted by molar-refractivity contribution is 5.78. The molecule has 1 saturated heterocycles. The summed E-state index contributed by atoms with van der Waals surface area (Å²) in [5.41, 5.74) is 0. The van der Waals surface area contributed by atoms with Gasteiger partial charge < -0.3 is 4.90 Å². The van der Waals surface area contributed by atoms with E-state index < -0.39 is 0 Å². The molecule has 1 unspecified atom stereocenters. The minimum absolute atomic E-state index is 0.256. The molecule has 1 aliphatic rings. The van der Waals surface area contributed by atoms with Gasteiger partial charge in [-0.3, -0.25) is 9.69 Å². The maximum Gasteiger partial charge on any atom is 0.236 e. The summed E-state index contributed by atoms with van der Waals surface area (Å²) >= 11 is 0. The van der Waals surface area contributed by atoms with Crippen LogP contribution in [0.2, 0.25) is 0 Å². The molecular weight excluding hydrogens is 200 g/mol. The molecule has 94 valence electrons. The SMILES string of the molecule is CCC1CCCN(CC(=O)N(C)C(C)C)C1. The van der Waals surface area contributed by atoms with Crippen LogP contribution in [0.1, 0.15) is 40.0 Å². The van der Waals surface area contributed by atoms with Crippen LogP contribution in [0.4, 0.5) is 0 Å². The Kier molecular flexibility index (Phi) is 5.26. The quantitative estimate of drug-likeness (QED) is 0.732. The number of nitrogens with zero attached hydrogens (tertiary/aromatic N) is 2. The summed E-state index contributed by atoms with van der Waals surface area (Å²) in [6.07, 6.45) is 3.82. The summed E-state index contributed by atoms with van der Waals surface area (Å²) in [5, 5.41) is 0. The molecule has 0 radical (unpaired) electrons. The van der Waals surface area contributed by atoms with Crippen LogP contribution in [0.15, 0.2) is 0 Å². The summed E-state index contributed by atoms with van der Waals surface area (Å²) in [5.74, 6) is 1.05. The molecule has 3 nitrogen and oxygen atoms in total. The second kappa shape index (κ2) is 6.24. The molecule has 0 aromatic heterocycles. The van der Waals surface area contributed by atoms with Gasteiger partial charge in [0.1, 0.15) is 0 Å². The van der Waals surface area contributed by atoms with Gasteiger partial charge in [0.25, 0.3) is 0 Å². The Bertz CT molecular complexity index is 228. The Balaban J connectivity index is 2.38. The fourth-order valence-electron chi connectivity index (χ4n) is 2.22. The zero-order valence-electron chi connectivity index (χ0n) is 11.2. The average molecular weight is 226 g/mol. The normalized spacial score (nSPS) is 22.4. The van der Waals surface area contributed by atoms with Crippen LogP contribution < -0.4 is 0 Å². The van der Waals surface area contributed by atoms with Gasteiger partial charge in [0.15, 0.2) is 0 Å². The van der Waals surface area contributed by atoms with E-state index in [9.17, 15) is 4.79 Å². The maximum atomic E-state index is 11.9. The third-order valence-corrected chi connectivity index (χ3v) is 3.71. The monoisotopic (exact) mass is 226 g/mol. The van der Waals surface area contributed by atoms with Crippen molar-refractivity contribution in [2.75, 3.05) is 26.7 Å². The van der Waals surface area contributed by atoms with E-state index in [2.05, 4.69) is 25.7 Å². The van der Waals surface area contributed by atoms with Crippen molar-refractivity contribution < 1.29 is 4.79 Å². The van der Waals surface area contributed by atoms with Crippen molar-refractivity contribution in [2.24, 2.45) is 5.92 Å². The zero-order chi connectivity index (χ0) is 12.1. The fraction of sp³-hybridized carbons (Fsp3) is 0.923. The fourth-order valence-corrected chi connectivity index (χ4v) is 2.22. The van der Waals surface area contributed by atoms with Crippen LogP contribution in [-0.2, 0) is 4.79 Å². The van der Waals surface area contributed by atoms with E-state index in [0.29, 0.717) is 12.6 Å². The molecular formula is C13H26N2O. The van der Waals surface area contributed by atoms with Crippen molar-refractivity contribution >= 4 is 5.91 Å². The first-order chi connectivity index (χ1) is 7.54. The van der Waals surface area contributed by atoms with Gasteiger partial charge in [-0.05, 0) is 39.2 Å². The molecule has 1 amide bonds. The number of carbonyl (C=O) groups is 1. The van der Waals surface area contributed by atoms with Crippen LogP contribution >= 0.6 is 0 Å². The summed E-state index contributed by atoms with van der Waals surface area (Å²) < 4.78 is 0. The first-order valence-electron chi connectivity index (χ1n) is 6.52. The third-order valence-electron chi connectivity index (χ3n) is 3.71. The molecule has 1 heterocycles. The summed E-state index contributed by atoms with van der Waals surface area (Å²) in [6.45, 7) is 9.16. The first kappa shape index (κ1) is 13.5. The van der Waals surface area contributed by atoms with Crippen LogP contribution in [0.3, 0.4) is 0 Å². The summed E-state index contributed by atoms with van der Waals surface area (Å²) in [6, 6.07) is 0.305. The summed E-state index contributed by atoms with van der Waals surface area (Å²) in [4.78, 5) is 16.1. The second-order valence-corrected chi connectivity index (χ2v) is 5.25. The molecule has 0 bridgehead atoms. The molecule has 0 aliphatic carbocycles. The minimum atomic E-state index is 0.256. The van der Waals surface area contributed by atoms with Gasteiger partial charge in [-0.15, -0.1) is 0 Å². The van der Waals surface area contributed by atoms with Gasteiger partial charge in [-0.2, -0.15) is 0 Å². The van der Waals surface area contributed by atoms with Crippen molar-refractivity contribution in [3.8, 4) is 0 Å². The van der Waals surface area contributed by atoms with Crippen molar-refractivity contribution in [1.29, 1.82) is 0 Å². The molecule has 1 fully saturated rings. The number of likely N-dealkylation sites (tertiary alicyclic amines) is 1. The Labute approximate surface area is 99.8 Å². The van der Waals surface area contributed by atoms with Gasteiger partial charge in [-0.25, -0.2) is 0 Å². The Morgan fingerprint density at radius 3 is 2.75 bits per heavy atom. The van der Waals surface area contributed by atoms with Gasteiger partial charge in [0.05, 0.1) is 6.54 Å². The predicted octanol–water partition coefficient (Wildman–Crippen LogP) is 1.98. The molecule has 0 aromatic rings. The molecule has 16 heavy (non-hydrogen) atoms. The lowest BCUT2D eigenvalue weighted by molar-refractivity contribution is -0.133. The topological polar surface area (TPSA) is 23.6 Å². The van der Waals surface area contributed by atoms with Crippen molar-refractivity contribution in [3.63, 3.8) is 0 Å². The van der Waals surface area contributed by atoms with E-state index in [0.717, 1.165) is 19.0 Å². The van der Waals surface area contributed by atoms with E-state index in [1.54, 1.807) is 0 Å². The molecule has 1 atom stereocenters. The standard InChI is InChI=1S/C13H26N2O/c1-5-12-7-6-8-15(9-12)10-13(16)14(4)11(2)3/h11-12H,5-10H2,1-4H3. The first-order valence-corrected chi connectivity index (χ1v) is 6.52. The number of hydrogen-bond acceptors (Lipinski definition) is 2. The van der Waals surface area contributed by atoms with E-state index in [4.69, 9.17) is 0 Å². The van der Waals surface area contributed by atoms with Crippen LogP contribution in [-0.4, -0.2) is 48.4 Å². The molecule has 3 heteroatoms. The number of hydrogen-bond donors (Lipinski definition) is 0. The molecule has 1 rings (SSSR count). The number of piperidine rings is 1. The van der Waals surface area contributed by atoms with Crippen molar-refractivity contribution in [3.05, 3.63) is 0 Å².